The molecule has 0 bridgehead atoms. The van der Waals surface area contributed by atoms with Crippen molar-refractivity contribution in [1.29, 1.82) is 0 Å². The summed E-state index contributed by atoms with van der Waals surface area (Å²) < 4.78 is 39.4. The van der Waals surface area contributed by atoms with Gasteiger partial charge >= 0.3 is 0 Å². The highest BCUT2D eigenvalue weighted by molar-refractivity contribution is 7.91. The van der Waals surface area contributed by atoms with E-state index in [1.54, 1.807) is 27.0 Å². The predicted molar refractivity (Wildman–Crippen MR) is 178 cm³/mol. The number of amides is 3. The Labute approximate surface area is 280 Å². The summed E-state index contributed by atoms with van der Waals surface area (Å²) in [6.45, 7) is 5.29. The predicted octanol–water partition coefficient (Wildman–Crippen LogP) is 3.17. The van der Waals surface area contributed by atoms with E-state index in [2.05, 4.69) is 10.0 Å². The number of fused-ring (bicyclic) bond motifs is 1. The number of aliphatic hydroxyl groups excluding tert-OH is 1. The smallest absolute Gasteiger partial charge is 0.259 e. The molecule has 1 saturated heterocycles. The van der Waals surface area contributed by atoms with Gasteiger partial charge in [-0.25, -0.2) is 13.4 Å². The number of methoxy groups -OCH3 is 1. The third-order valence-electron chi connectivity index (χ3n) is 9.62. The van der Waals surface area contributed by atoms with Crippen molar-refractivity contribution in [2.24, 2.45) is 11.8 Å². The van der Waals surface area contributed by atoms with Crippen molar-refractivity contribution in [3.8, 4) is 22.8 Å². The molecule has 1 aromatic heterocycles. The summed E-state index contributed by atoms with van der Waals surface area (Å²) in [4.78, 5) is 47.1. The Morgan fingerprint density at radius 1 is 1.10 bits per heavy atom. The lowest BCUT2D eigenvalue weighted by Crippen LogP contribution is -2.57. The summed E-state index contributed by atoms with van der Waals surface area (Å²) in [5.41, 5.74) is 0.767. The van der Waals surface area contributed by atoms with Crippen LogP contribution in [0.4, 0.5) is 0 Å². The molecule has 2 aromatic carbocycles. The van der Waals surface area contributed by atoms with Crippen LogP contribution in [0.25, 0.3) is 22.2 Å². The number of aromatic nitrogens is 1. The maximum absolute atomic E-state index is 14.0. The fourth-order valence-electron chi connectivity index (χ4n) is 6.46. The fraction of sp³-hybridized carbons (Fsp3) is 0.486. The van der Waals surface area contributed by atoms with Gasteiger partial charge in [0.1, 0.15) is 35.3 Å². The van der Waals surface area contributed by atoms with Crippen molar-refractivity contribution in [1.82, 2.24) is 19.9 Å². The molecule has 3 amide bonds. The summed E-state index contributed by atoms with van der Waals surface area (Å²) in [5, 5.41) is 13.7. The van der Waals surface area contributed by atoms with Crippen LogP contribution in [0, 0.1) is 11.8 Å². The van der Waals surface area contributed by atoms with Crippen molar-refractivity contribution < 1.29 is 37.4 Å². The maximum atomic E-state index is 14.0. The van der Waals surface area contributed by atoms with Gasteiger partial charge in [-0.1, -0.05) is 57.5 Å². The van der Waals surface area contributed by atoms with Crippen LogP contribution in [0.5, 0.6) is 11.5 Å². The molecule has 256 valence electrons. The van der Waals surface area contributed by atoms with Gasteiger partial charge in [0.15, 0.2) is 0 Å². The average molecular weight is 679 g/mol. The molecule has 3 N–H and O–H groups in total. The summed E-state index contributed by atoms with van der Waals surface area (Å²) >= 11 is 0. The second-order valence-electron chi connectivity index (χ2n) is 13.4. The van der Waals surface area contributed by atoms with Gasteiger partial charge in [0, 0.05) is 29.5 Å². The van der Waals surface area contributed by atoms with E-state index in [0.717, 1.165) is 5.56 Å². The highest BCUT2D eigenvalue weighted by Crippen LogP contribution is 2.47. The van der Waals surface area contributed by atoms with Gasteiger partial charge in [-0.2, -0.15) is 0 Å². The van der Waals surface area contributed by atoms with Crippen molar-refractivity contribution in [2.75, 3.05) is 13.7 Å². The molecule has 5 atom stereocenters. The SMILES string of the molecule is CCC1C[C@]1(NC(=O)[C@@H]1C[C@@H](Oc2cc(-c3ccccc3)nc3cc(OC)ccc23)CN1C(=O)[C@@H](O)C(C)C)C(=O)NS(=O)(=O)C1CC1. The second-order valence-corrected chi connectivity index (χ2v) is 15.3. The topological polar surface area (TPSA) is 164 Å². The summed E-state index contributed by atoms with van der Waals surface area (Å²) in [6, 6.07) is 15.8. The number of benzene rings is 2. The lowest BCUT2D eigenvalue weighted by molar-refractivity contribution is -0.147. The van der Waals surface area contributed by atoms with E-state index in [9.17, 15) is 27.9 Å². The molecule has 3 aliphatic rings. The molecule has 2 saturated carbocycles. The third-order valence-corrected chi connectivity index (χ3v) is 11.4. The van der Waals surface area contributed by atoms with E-state index in [4.69, 9.17) is 14.5 Å². The standard InChI is InChI=1S/C35H42N4O8S/c1-5-22-18-35(22,34(43)38-48(44,45)25-12-13-25)37-32(41)29-16-24(19-39(29)33(42)31(40)20(2)3)47-30-17-27(21-9-7-6-8-10-21)36-28-15-23(46-4)11-14-26(28)30/h6-11,14-15,17,20,22,24-25,29,31,40H,5,12-13,16,18-19H2,1-4H3,(H,37,41)(H,38,43)/t22?,24-,29+,31+,35-/m1/s1. The van der Waals surface area contributed by atoms with E-state index in [-0.39, 0.29) is 25.3 Å². The van der Waals surface area contributed by atoms with Gasteiger partial charge in [0.2, 0.25) is 15.9 Å². The van der Waals surface area contributed by atoms with E-state index in [1.807, 2.05) is 55.5 Å². The summed E-state index contributed by atoms with van der Waals surface area (Å²) in [7, 11) is -2.26. The molecular formula is C35H42N4O8S. The first-order valence-corrected chi connectivity index (χ1v) is 18.0. The third kappa shape index (κ3) is 6.57. The minimum Gasteiger partial charge on any atom is -0.497 e. The first kappa shape index (κ1) is 33.7. The zero-order valence-corrected chi connectivity index (χ0v) is 28.3. The van der Waals surface area contributed by atoms with Crippen molar-refractivity contribution >= 4 is 38.6 Å². The zero-order chi connectivity index (χ0) is 34.4. The molecule has 2 heterocycles. The Hall–Kier alpha value is -4.23. The van der Waals surface area contributed by atoms with Crippen molar-refractivity contribution in [2.45, 2.75) is 81.9 Å². The quantitative estimate of drug-likeness (QED) is 0.261. The van der Waals surface area contributed by atoms with Crippen LogP contribution in [0.2, 0.25) is 0 Å². The molecule has 0 spiro atoms. The van der Waals surface area contributed by atoms with Gasteiger partial charge in [-0.3, -0.25) is 19.1 Å². The minimum atomic E-state index is -3.83. The second kappa shape index (κ2) is 13.0. The van der Waals surface area contributed by atoms with Gasteiger partial charge < -0.3 is 24.8 Å². The normalized spacial score (nSPS) is 24.3. The highest BCUT2D eigenvalue weighted by Gasteiger charge is 2.62. The average Bonchev–Trinajstić information content (AvgIpc) is 4.00. The molecule has 13 heteroatoms. The van der Waals surface area contributed by atoms with E-state index in [1.165, 1.54) is 4.90 Å². The Balaban J connectivity index is 1.29. The lowest BCUT2D eigenvalue weighted by Gasteiger charge is -2.29. The summed E-state index contributed by atoms with van der Waals surface area (Å²) in [6.07, 6.45) is -0.115. The number of pyridine rings is 1. The number of nitrogens with one attached hydrogen (secondary N) is 2. The zero-order valence-electron chi connectivity index (χ0n) is 27.5. The van der Waals surface area contributed by atoms with E-state index < -0.39 is 62.7 Å². The van der Waals surface area contributed by atoms with Crippen molar-refractivity contribution in [3.63, 3.8) is 0 Å². The van der Waals surface area contributed by atoms with Crippen LogP contribution in [0.1, 0.15) is 52.9 Å². The molecule has 3 fully saturated rings. The van der Waals surface area contributed by atoms with E-state index in [0.29, 0.717) is 47.4 Å². The molecule has 2 aliphatic carbocycles. The molecule has 48 heavy (non-hydrogen) atoms. The van der Waals surface area contributed by atoms with Crippen LogP contribution in [-0.2, 0) is 24.4 Å². The lowest BCUT2D eigenvalue weighted by atomic mass is 10.1. The van der Waals surface area contributed by atoms with Gasteiger partial charge in [0.05, 0.1) is 30.1 Å². The Morgan fingerprint density at radius 3 is 2.46 bits per heavy atom. The number of likely N-dealkylation sites (tertiary alicyclic amines) is 1. The van der Waals surface area contributed by atoms with E-state index >= 15 is 0 Å². The van der Waals surface area contributed by atoms with Gasteiger partial charge in [-0.05, 0) is 43.2 Å². The molecular weight excluding hydrogens is 636 g/mol. The molecule has 1 aliphatic heterocycles. The maximum Gasteiger partial charge on any atom is 0.259 e. The number of hydrogen-bond donors (Lipinski definition) is 3. The Bertz CT molecular complexity index is 1830. The Morgan fingerprint density at radius 2 is 1.83 bits per heavy atom. The van der Waals surface area contributed by atoms with Crippen LogP contribution in [0.15, 0.2) is 54.6 Å². The first-order valence-electron chi connectivity index (χ1n) is 16.4. The first-order chi connectivity index (χ1) is 22.9. The van der Waals surface area contributed by atoms with Gasteiger partial charge in [-0.15, -0.1) is 0 Å². The molecule has 12 nitrogen and oxygen atoms in total. The number of nitrogens with zero attached hydrogens (tertiary/aromatic N) is 2. The molecule has 0 radical (unpaired) electrons. The summed E-state index contributed by atoms with van der Waals surface area (Å²) in [5.74, 6) is -1.53. The number of carbonyl (C=O) groups is 3. The largest absolute Gasteiger partial charge is 0.497 e. The number of hydrogen-bond acceptors (Lipinski definition) is 9. The number of ether oxygens (including phenoxy) is 2. The number of sulfonamides is 1. The monoisotopic (exact) mass is 678 g/mol. The number of carbonyl (C=O) groups excluding carboxylic acids is 3. The molecule has 6 rings (SSSR count). The van der Waals surface area contributed by atoms with Gasteiger partial charge in [0.25, 0.3) is 11.8 Å². The minimum absolute atomic E-state index is 0.00774. The molecule has 3 aromatic rings. The van der Waals surface area contributed by atoms with Crippen LogP contribution >= 0.6 is 0 Å². The number of rotatable bonds is 12. The van der Waals surface area contributed by atoms with Crippen LogP contribution < -0.4 is 19.5 Å². The van der Waals surface area contributed by atoms with Crippen LogP contribution in [-0.4, -0.2) is 83.8 Å². The highest BCUT2D eigenvalue weighted by atomic mass is 32.2. The fourth-order valence-corrected chi connectivity index (χ4v) is 7.83. The van der Waals surface area contributed by atoms with Crippen molar-refractivity contribution in [3.05, 3.63) is 54.6 Å². The number of aliphatic hydroxyl groups is 1. The molecule has 1 unspecified atom stereocenters. The van der Waals surface area contributed by atoms with Crippen LogP contribution in [0.3, 0.4) is 0 Å². The Kier molecular flexibility index (Phi) is 9.12.